The Hall–Kier alpha value is -2.97. The first kappa shape index (κ1) is 18.4. The maximum absolute atomic E-state index is 12.7. The molecule has 0 bridgehead atoms. The van der Waals surface area contributed by atoms with Crippen molar-refractivity contribution in [1.82, 2.24) is 34.3 Å². The number of hydrogen-bond acceptors (Lipinski definition) is 5. The lowest BCUT2D eigenvalue weighted by molar-refractivity contribution is -0.132. The maximum atomic E-state index is 12.7. The van der Waals surface area contributed by atoms with Crippen LogP contribution >= 0.6 is 0 Å². The van der Waals surface area contributed by atoms with E-state index in [1.807, 2.05) is 24.8 Å². The average Bonchev–Trinajstić information content (AvgIpc) is 3.36. The van der Waals surface area contributed by atoms with Crippen molar-refractivity contribution in [3.05, 3.63) is 46.0 Å². The number of carbonyl (C=O) groups is 1. The summed E-state index contributed by atoms with van der Waals surface area (Å²) in [5.41, 5.74) is 3.09. The monoisotopic (exact) mass is 383 g/mol. The van der Waals surface area contributed by atoms with E-state index in [2.05, 4.69) is 20.2 Å². The first-order valence-electron chi connectivity index (χ1n) is 9.78. The zero-order valence-electron chi connectivity index (χ0n) is 16.3. The van der Waals surface area contributed by atoms with Crippen LogP contribution in [0.5, 0.6) is 0 Å². The van der Waals surface area contributed by atoms with Crippen molar-refractivity contribution in [3.63, 3.8) is 0 Å². The van der Waals surface area contributed by atoms with E-state index in [9.17, 15) is 9.59 Å². The molecular weight excluding hydrogens is 358 g/mol. The fourth-order valence-corrected chi connectivity index (χ4v) is 3.98. The van der Waals surface area contributed by atoms with E-state index in [-0.39, 0.29) is 17.4 Å². The standard InChI is InChI=1S/C19H25N7O2/c1-3-15-13(2)22-17-9-16(23-26(17)19(15)28)14-5-4-7-24(10-14)18(27)6-8-25-12-20-11-21-25/h9,11-12,14,23H,3-8,10H2,1-2H3/t14-/m0/s1. The van der Waals surface area contributed by atoms with Crippen molar-refractivity contribution in [2.24, 2.45) is 0 Å². The molecule has 9 heteroatoms. The number of fused-ring (bicyclic) bond motifs is 1. The molecular formula is C19H25N7O2. The lowest BCUT2D eigenvalue weighted by Gasteiger charge is -2.32. The highest BCUT2D eigenvalue weighted by atomic mass is 16.2. The van der Waals surface area contributed by atoms with Crippen LogP contribution in [0, 0.1) is 6.92 Å². The summed E-state index contributed by atoms with van der Waals surface area (Å²) in [6.07, 6.45) is 6.08. The number of rotatable bonds is 5. The van der Waals surface area contributed by atoms with Gasteiger partial charge in [0.25, 0.3) is 5.56 Å². The van der Waals surface area contributed by atoms with Crippen molar-refractivity contribution in [2.45, 2.75) is 52.0 Å². The van der Waals surface area contributed by atoms with E-state index in [0.717, 1.165) is 36.3 Å². The Morgan fingerprint density at radius 2 is 2.25 bits per heavy atom. The minimum Gasteiger partial charge on any atom is -0.342 e. The number of piperidine rings is 1. The topological polar surface area (TPSA) is 101 Å². The van der Waals surface area contributed by atoms with Crippen LogP contribution in [-0.2, 0) is 17.8 Å². The minimum atomic E-state index is -0.0344. The number of likely N-dealkylation sites (tertiary alicyclic amines) is 1. The van der Waals surface area contributed by atoms with Crippen LogP contribution in [0.25, 0.3) is 5.65 Å². The predicted molar refractivity (Wildman–Crippen MR) is 103 cm³/mol. The Labute approximate surface area is 162 Å². The summed E-state index contributed by atoms with van der Waals surface area (Å²) >= 11 is 0. The highest BCUT2D eigenvalue weighted by Gasteiger charge is 2.26. The molecule has 148 valence electrons. The molecule has 1 amide bonds. The summed E-state index contributed by atoms with van der Waals surface area (Å²) < 4.78 is 3.20. The SMILES string of the molecule is CCc1c(C)nc2cc([C@H]3CCCN(C(=O)CCn4cncn4)C3)[nH]n2c1=O. The van der Waals surface area contributed by atoms with Crippen LogP contribution in [-0.4, -0.2) is 53.3 Å². The quantitative estimate of drug-likeness (QED) is 0.715. The molecule has 28 heavy (non-hydrogen) atoms. The maximum Gasteiger partial charge on any atom is 0.276 e. The third-order valence-electron chi connectivity index (χ3n) is 5.52. The van der Waals surface area contributed by atoms with Crippen LogP contribution in [0.4, 0.5) is 0 Å². The number of nitrogens with one attached hydrogen (secondary N) is 1. The summed E-state index contributed by atoms with van der Waals surface area (Å²) in [5, 5.41) is 7.27. The van der Waals surface area contributed by atoms with Gasteiger partial charge in [0.1, 0.15) is 12.7 Å². The zero-order valence-corrected chi connectivity index (χ0v) is 16.3. The van der Waals surface area contributed by atoms with Crippen LogP contribution < -0.4 is 5.56 Å². The fraction of sp³-hybridized carbons (Fsp3) is 0.526. The second kappa shape index (κ2) is 7.57. The van der Waals surface area contributed by atoms with Crippen LogP contribution in [0.1, 0.15) is 49.1 Å². The van der Waals surface area contributed by atoms with E-state index in [0.29, 0.717) is 31.6 Å². The van der Waals surface area contributed by atoms with Gasteiger partial charge in [-0.05, 0) is 26.2 Å². The minimum absolute atomic E-state index is 0.0344. The molecule has 0 unspecified atom stereocenters. The lowest BCUT2D eigenvalue weighted by Crippen LogP contribution is -2.39. The lowest BCUT2D eigenvalue weighted by atomic mass is 9.94. The molecule has 1 fully saturated rings. The number of aromatic nitrogens is 6. The summed E-state index contributed by atoms with van der Waals surface area (Å²) in [6.45, 7) is 5.79. The zero-order chi connectivity index (χ0) is 19.7. The van der Waals surface area contributed by atoms with Gasteiger partial charge in [0.05, 0.1) is 6.54 Å². The molecule has 9 nitrogen and oxygen atoms in total. The van der Waals surface area contributed by atoms with Crippen molar-refractivity contribution in [2.75, 3.05) is 13.1 Å². The van der Waals surface area contributed by atoms with Crippen molar-refractivity contribution in [3.8, 4) is 0 Å². The second-order valence-electron chi connectivity index (χ2n) is 7.33. The summed E-state index contributed by atoms with van der Waals surface area (Å²) in [6, 6.07) is 1.95. The molecule has 4 rings (SSSR count). The van der Waals surface area contributed by atoms with Gasteiger partial charge in [0, 0.05) is 48.4 Å². The summed E-state index contributed by atoms with van der Waals surface area (Å²) in [7, 11) is 0. The molecule has 0 saturated carbocycles. The van der Waals surface area contributed by atoms with Crippen molar-refractivity contribution in [1.29, 1.82) is 0 Å². The van der Waals surface area contributed by atoms with Crippen molar-refractivity contribution < 1.29 is 4.79 Å². The van der Waals surface area contributed by atoms with Crippen LogP contribution in [0.3, 0.4) is 0 Å². The molecule has 1 aliphatic rings. The van der Waals surface area contributed by atoms with E-state index in [4.69, 9.17) is 0 Å². The molecule has 1 aliphatic heterocycles. The molecule has 3 aromatic rings. The number of aromatic amines is 1. The third-order valence-corrected chi connectivity index (χ3v) is 5.52. The number of hydrogen-bond donors (Lipinski definition) is 1. The predicted octanol–water partition coefficient (Wildman–Crippen LogP) is 1.28. The molecule has 0 spiro atoms. The van der Waals surface area contributed by atoms with Gasteiger partial charge in [-0.1, -0.05) is 6.92 Å². The number of H-pyrrole nitrogens is 1. The molecule has 0 aromatic carbocycles. The molecule has 1 N–H and O–H groups in total. The summed E-state index contributed by atoms with van der Waals surface area (Å²) in [5.74, 6) is 0.297. The Bertz CT molecular complexity index is 1030. The highest BCUT2D eigenvalue weighted by Crippen LogP contribution is 2.27. The largest absolute Gasteiger partial charge is 0.342 e. The molecule has 0 aliphatic carbocycles. The van der Waals surface area contributed by atoms with Gasteiger partial charge in [-0.15, -0.1) is 0 Å². The molecule has 0 radical (unpaired) electrons. The first-order valence-corrected chi connectivity index (χ1v) is 9.78. The van der Waals surface area contributed by atoms with Gasteiger partial charge in [-0.25, -0.2) is 14.5 Å². The molecule has 3 aromatic heterocycles. The Kier molecular flexibility index (Phi) is 4.97. The van der Waals surface area contributed by atoms with Gasteiger partial charge < -0.3 is 4.90 Å². The normalized spacial score (nSPS) is 17.4. The van der Waals surface area contributed by atoms with Gasteiger partial charge in [0.2, 0.25) is 5.91 Å². The van der Waals surface area contributed by atoms with Gasteiger partial charge in [-0.2, -0.15) is 5.10 Å². The smallest absolute Gasteiger partial charge is 0.276 e. The average molecular weight is 383 g/mol. The number of nitrogens with zero attached hydrogens (tertiary/aromatic N) is 6. The second-order valence-corrected chi connectivity index (χ2v) is 7.33. The number of aryl methyl sites for hydroxylation is 2. The van der Waals surface area contributed by atoms with E-state index in [1.165, 1.54) is 10.8 Å². The van der Waals surface area contributed by atoms with Gasteiger partial charge >= 0.3 is 0 Å². The van der Waals surface area contributed by atoms with Crippen LogP contribution in [0.15, 0.2) is 23.5 Å². The van der Waals surface area contributed by atoms with E-state index >= 15 is 0 Å². The Morgan fingerprint density at radius 3 is 3.00 bits per heavy atom. The van der Waals surface area contributed by atoms with E-state index in [1.54, 1.807) is 11.0 Å². The Morgan fingerprint density at radius 1 is 1.39 bits per heavy atom. The molecule has 1 atom stereocenters. The molecule has 1 saturated heterocycles. The third kappa shape index (κ3) is 3.44. The molecule has 4 heterocycles. The fourth-order valence-electron chi connectivity index (χ4n) is 3.98. The Balaban J connectivity index is 1.50. The first-order chi connectivity index (χ1) is 13.6. The van der Waals surface area contributed by atoms with E-state index < -0.39 is 0 Å². The van der Waals surface area contributed by atoms with Crippen molar-refractivity contribution >= 4 is 11.6 Å². The van der Waals surface area contributed by atoms with Gasteiger partial charge in [-0.3, -0.25) is 19.4 Å². The number of amides is 1. The summed E-state index contributed by atoms with van der Waals surface area (Å²) in [4.78, 5) is 35.7. The number of carbonyl (C=O) groups excluding carboxylic acids is 1. The highest BCUT2D eigenvalue weighted by molar-refractivity contribution is 5.76. The van der Waals surface area contributed by atoms with Gasteiger partial charge in [0.15, 0.2) is 5.65 Å². The van der Waals surface area contributed by atoms with Crippen LogP contribution in [0.2, 0.25) is 0 Å².